The molecule has 7 nitrogen and oxygen atoms in total. The van der Waals surface area contributed by atoms with Gasteiger partial charge in [0.05, 0.1) is 12.8 Å². The van der Waals surface area contributed by atoms with Crippen LogP contribution < -0.4 is 10.1 Å². The molecule has 0 aliphatic heterocycles. The Hall–Kier alpha value is -3.78. The normalized spacial score (nSPS) is 11.2. The number of hydrogen-bond acceptors (Lipinski definition) is 7. The minimum absolute atomic E-state index is 0.513. The third-order valence-corrected chi connectivity index (χ3v) is 6.34. The van der Waals surface area contributed by atoms with Crippen LogP contribution in [-0.2, 0) is 6.42 Å². The molecule has 0 bridgehead atoms. The van der Waals surface area contributed by atoms with Gasteiger partial charge < -0.3 is 10.1 Å². The Kier molecular flexibility index (Phi) is 5.51. The van der Waals surface area contributed by atoms with E-state index in [-0.39, 0.29) is 0 Å². The third kappa shape index (κ3) is 4.29. The Bertz CT molecular complexity index is 1420. The van der Waals surface area contributed by atoms with Gasteiger partial charge in [-0.05, 0) is 50.6 Å². The van der Waals surface area contributed by atoms with Gasteiger partial charge in [0.1, 0.15) is 17.4 Å². The zero-order valence-electron chi connectivity index (χ0n) is 19.0. The molecular formula is C25H24N6OS. The summed E-state index contributed by atoms with van der Waals surface area (Å²) >= 11 is 1.55. The number of fused-ring (bicyclic) bond motifs is 1. The fourth-order valence-corrected chi connectivity index (χ4v) is 4.59. The van der Waals surface area contributed by atoms with Crippen LogP contribution >= 0.6 is 11.3 Å². The molecule has 0 aliphatic carbocycles. The molecule has 0 amide bonds. The predicted octanol–water partition coefficient (Wildman–Crippen LogP) is 5.52. The SMILES string of the molecule is COc1ccc(-c2csc3nc(Nc4nc(C)nc(C)c4Cc4ccc(C)cc4)nn23)cc1. The lowest BCUT2D eigenvalue weighted by Crippen LogP contribution is -2.07. The molecule has 0 saturated heterocycles. The topological polar surface area (TPSA) is 77.2 Å². The second kappa shape index (κ2) is 8.63. The Morgan fingerprint density at radius 2 is 1.70 bits per heavy atom. The zero-order valence-corrected chi connectivity index (χ0v) is 19.8. The molecule has 166 valence electrons. The van der Waals surface area contributed by atoms with E-state index in [0.29, 0.717) is 11.8 Å². The summed E-state index contributed by atoms with van der Waals surface area (Å²) in [4.78, 5) is 14.8. The molecule has 0 atom stereocenters. The highest BCUT2D eigenvalue weighted by molar-refractivity contribution is 7.15. The Labute approximate surface area is 196 Å². The lowest BCUT2D eigenvalue weighted by atomic mass is 10.0. The van der Waals surface area contributed by atoms with Gasteiger partial charge in [-0.3, -0.25) is 0 Å². The van der Waals surface area contributed by atoms with Crippen LogP contribution in [0.1, 0.15) is 28.2 Å². The summed E-state index contributed by atoms with van der Waals surface area (Å²) in [6.07, 6.45) is 0.730. The summed E-state index contributed by atoms with van der Waals surface area (Å²) in [7, 11) is 1.66. The monoisotopic (exact) mass is 456 g/mol. The number of anilines is 2. The van der Waals surface area contributed by atoms with Crippen LogP contribution in [0.15, 0.2) is 53.9 Å². The highest BCUT2D eigenvalue weighted by Crippen LogP contribution is 2.29. The average Bonchev–Trinajstić information content (AvgIpc) is 3.38. The molecule has 0 fully saturated rings. The molecule has 0 aliphatic rings. The van der Waals surface area contributed by atoms with Crippen LogP contribution in [-0.4, -0.2) is 31.7 Å². The maximum atomic E-state index is 5.27. The summed E-state index contributed by atoms with van der Waals surface area (Å²) in [5.74, 6) is 2.79. The number of rotatable bonds is 6. The number of ether oxygens (including phenoxy) is 1. The van der Waals surface area contributed by atoms with E-state index in [0.717, 1.165) is 45.5 Å². The van der Waals surface area contributed by atoms with Gasteiger partial charge in [0, 0.05) is 28.6 Å². The van der Waals surface area contributed by atoms with E-state index in [9.17, 15) is 0 Å². The zero-order chi connectivity index (χ0) is 22.9. The van der Waals surface area contributed by atoms with Crippen molar-refractivity contribution in [2.24, 2.45) is 0 Å². The minimum atomic E-state index is 0.513. The molecule has 33 heavy (non-hydrogen) atoms. The van der Waals surface area contributed by atoms with Gasteiger partial charge in [-0.15, -0.1) is 16.4 Å². The summed E-state index contributed by atoms with van der Waals surface area (Å²) in [5, 5.41) is 10.1. The molecule has 1 N–H and O–H groups in total. The van der Waals surface area contributed by atoms with Crippen molar-refractivity contribution in [3.05, 3.63) is 82.1 Å². The van der Waals surface area contributed by atoms with Crippen molar-refractivity contribution in [3.8, 4) is 17.0 Å². The Morgan fingerprint density at radius 3 is 2.42 bits per heavy atom. The molecule has 0 radical (unpaired) electrons. The van der Waals surface area contributed by atoms with Crippen molar-refractivity contribution >= 4 is 28.1 Å². The number of aromatic nitrogens is 5. The molecule has 5 rings (SSSR count). The standard InChI is InChI=1S/C25H24N6OS/c1-15-5-7-18(8-6-15)13-21-16(2)26-17(3)27-23(21)28-24-29-25-31(30-24)22(14-33-25)19-9-11-20(32-4)12-10-19/h5-12,14H,13H2,1-4H3,(H,26,27,28,30). The molecule has 0 spiro atoms. The van der Waals surface area contributed by atoms with Gasteiger partial charge in [-0.25, -0.2) is 14.5 Å². The van der Waals surface area contributed by atoms with Gasteiger partial charge in [0.2, 0.25) is 10.9 Å². The number of nitrogens with one attached hydrogen (secondary N) is 1. The lowest BCUT2D eigenvalue weighted by Gasteiger charge is -2.13. The number of nitrogens with zero attached hydrogens (tertiary/aromatic N) is 5. The second-order valence-electron chi connectivity index (χ2n) is 7.95. The second-order valence-corrected chi connectivity index (χ2v) is 8.79. The molecule has 5 aromatic rings. The molecule has 3 aromatic heterocycles. The van der Waals surface area contributed by atoms with E-state index in [1.807, 2.05) is 42.6 Å². The minimum Gasteiger partial charge on any atom is -0.497 e. The lowest BCUT2D eigenvalue weighted by molar-refractivity contribution is 0.415. The van der Waals surface area contributed by atoms with Gasteiger partial charge in [0.15, 0.2) is 0 Å². The number of thiazole rings is 1. The fourth-order valence-electron chi connectivity index (χ4n) is 3.76. The van der Waals surface area contributed by atoms with Crippen LogP contribution in [0.3, 0.4) is 0 Å². The molecule has 0 unspecified atom stereocenters. The van der Waals surface area contributed by atoms with E-state index < -0.39 is 0 Å². The third-order valence-electron chi connectivity index (χ3n) is 5.52. The first-order chi connectivity index (χ1) is 16.0. The number of aryl methyl sites for hydroxylation is 3. The summed E-state index contributed by atoms with van der Waals surface area (Å²) < 4.78 is 7.13. The van der Waals surface area contributed by atoms with Crippen molar-refractivity contribution < 1.29 is 4.74 Å². The highest BCUT2D eigenvalue weighted by Gasteiger charge is 2.16. The number of benzene rings is 2. The first-order valence-corrected chi connectivity index (χ1v) is 11.5. The number of hydrogen-bond donors (Lipinski definition) is 1. The summed E-state index contributed by atoms with van der Waals surface area (Å²) in [5.41, 5.74) is 6.47. The van der Waals surface area contributed by atoms with Crippen LogP contribution in [0.2, 0.25) is 0 Å². The maximum Gasteiger partial charge on any atom is 0.249 e. The van der Waals surface area contributed by atoms with Crippen LogP contribution in [0, 0.1) is 20.8 Å². The van der Waals surface area contributed by atoms with E-state index >= 15 is 0 Å². The van der Waals surface area contributed by atoms with Crippen molar-refractivity contribution in [3.63, 3.8) is 0 Å². The smallest absolute Gasteiger partial charge is 0.249 e. The number of methoxy groups -OCH3 is 1. The summed E-state index contributed by atoms with van der Waals surface area (Å²) in [6.45, 7) is 6.01. The summed E-state index contributed by atoms with van der Waals surface area (Å²) in [6, 6.07) is 16.5. The predicted molar refractivity (Wildman–Crippen MR) is 132 cm³/mol. The van der Waals surface area contributed by atoms with Crippen molar-refractivity contribution in [1.29, 1.82) is 0 Å². The average molecular weight is 457 g/mol. The first kappa shape index (κ1) is 21.1. The van der Waals surface area contributed by atoms with E-state index in [1.165, 1.54) is 11.1 Å². The first-order valence-electron chi connectivity index (χ1n) is 10.7. The van der Waals surface area contributed by atoms with Crippen LogP contribution in [0.4, 0.5) is 11.8 Å². The molecule has 8 heteroatoms. The van der Waals surface area contributed by atoms with Gasteiger partial charge in [-0.2, -0.15) is 4.98 Å². The van der Waals surface area contributed by atoms with Gasteiger partial charge >= 0.3 is 0 Å². The van der Waals surface area contributed by atoms with E-state index in [1.54, 1.807) is 18.4 Å². The van der Waals surface area contributed by atoms with Crippen LogP contribution in [0.5, 0.6) is 5.75 Å². The molecule has 2 aromatic carbocycles. The van der Waals surface area contributed by atoms with E-state index in [4.69, 9.17) is 9.84 Å². The molecule has 0 saturated carbocycles. The van der Waals surface area contributed by atoms with Gasteiger partial charge in [0.25, 0.3) is 0 Å². The quantitative estimate of drug-likeness (QED) is 0.363. The Morgan fingerprint density at radius 1 is 0.939 bits per heavy atom. The van der Waals surface area contributed by atoms with E-state index in [2.05, 4.69) is 56.8 Å². The highest BCUT2D eigenvalue weighted by atomic mass is 32.1. The largest absolute Gasteiger partial charge is 0.497 e. The van der Waals surface area contributed by atoms with Gasteiger partial charge in [-0.1, -0.05) is 29.8 Å². The molecular weight excluding hydrogens is 432 g/mol. The van der Waals surface area contributed by atoms with Crippen LogP contribution in [0.25, 0.3) is 16.2 Å². The molecule has 3 heterocycles. The van der Waals surface area contributed by atoms with Crippen molar-refractivity contribution in [2.75, 3.05) is 12.4 Å². The van der Waals surface area contributed by atoms with Crippen molar-refractivity contribution in [1.82, 2.24) is 24.6 Å². The van der Waals surface area contributed by atoms with Crippen molar-refractivity contribution in [2.45, 2.75) is 27.2 Å². The Balaban J connectivity index is 1.48. The fraction of sp³-hybridized carbons (Fsp3) is 0.200. The maximum absolute atomic E-state index is 5.27.